The molecule has 0 aliphatic carbocycles. The summed E-state index contributed by atoms with van der Waals surface area (Å²) in [5, 5.41) is 0. The molecule has 2 rings (SSSR count). The molecule has 1 heterocycles. The van der Waals surface area contributed by atoms with Gasteiger partial charge in [-0.1, -0.05) is 43.3 Å². The maximum Gasteiger partial charge on any atom is 0.522 e. The topological polar surface area (TPSA) is 67.3 Å². The lowest BCUT2D eigenvalue weighted by molar-refractivity contribution is -0.0510. The number of halogens is 3. The number of hydrogen-bond donors (Lipinski definition) is 1. The molecule has 128 valence electrons. The van der Waals surface area contributed by atoms with Crippen molar-refractivity contribution in [1.82, 2.24) is 4.98 Å². The van der Waals surface area contributed by atoms with Crippen molar-refractivity contribution in [1.29, 1.82) is 0 Å². The van der Waals surface area contributed by atoms with Crippen molar-refractivity contribution in [3.8, 4) is 11.3 Å². The van der Waals surface area contributed by atoms with Crippen LogP contribution in [0.1, 0.15) is 12.5 Å². The quantitative estimate of drug-likeness (QED) is 0.499. The van der Waals surface area contributed by atoms with Crippen LogP contribution in [-0.4, -0.2) is 23.5 Å². The lowest BCUT2D eigenvalue weighted by atomic mass is 10.1. The van der Waals surface area contributed by atoms with Gasteiger partial charge in [-0.25, -0.2) is 0 Å². The van der Waals surface area contributed by atoms with Gasteiger partial charge in [0.2, 0.25) is 0 Å². The van der Waals surface area contributed by atoms with E-state index in [4.69, 9.17) is 13.0 Å². The molecule has 0 fully saturated rings. The average Bonchev–Trinajstić information content (AvgIpc) is 2.47. The molecule has 1 N–H and O–H groups in total. The van der Waals surface area contributed by atoms with Crippen molar-refractivity contribution in [3.05, 3.63) is 54.2 Å². The molecule has 2 aromatic rings. The first-order valence-corrected chi connectivity index (χ1v) is 7.63. The second kappa shape index (κ2) is 8.96. The molecule has 1 atom stereocenters. The van der Waals surface area contributed by atoms with Gasteiger partial charge in [0.25, 0.3) is 0 Å². The van der Waals surface area contributed by atoms with E-state index in [-0.39, 0.29) is 9.90 Å². The van der Waals surface area contributed by atoms with Gasteiger partial charge in [0.1, 0.15) is 0 Å². The van der Waals surface area contributed by atoms with Gasteiger partial charge in [0.05, 0.1) is 5.69 Å². The van der Waals surface area contributed by atoms with Gasteiger partial charge in [0.15, 0.2) is 0 Å². The van der Waals surface area contributed by atoms with Crippen molar-refractivity contribution in [2.75, 3.05) is 0 Å². The van der Waals surface area contributed by atoms with Crippen molar-refractivity contribution in [2.45, 2.75) is 18.9 Å². The number of hydrogen-bond acceptors (Lipinski definition) is 3. The van der Waals surface area contributed by atoms with E-state index in [1.807, 2.05) is 24.4 Å². The van der Waals surface area contributed by atoms with E-state index in [2.05, 4.69) is 36.2 Å². The molecule has 1 aromatic carbocycles. The fraction of sp³-hybridized carbons (Fsp3) is 0.214. The van der Waals surface area contributed by atoms with Crippen LogP contribution in [0, 0.1) is 0 Å². The van der Waals surface area contributed by atoms with Crippen LogP contribution in [0.25, 0.3) is 11.3 Å². The lowest BCUT2D eigenvalue weighted by Crippen LogP contribution is -2.21. The van der Waals surface area contributed by atoms with Gasteiger partial charge < -0.3 is 0 Å². The fourth-order valence-electron chi connectivity index (χ4n) is 1.41. The Bertz CT molecular complexity index is 689. The Labute approximate surface area is 136 Å². The maximum absolute atomic E-state index is 10.7. The van der Waals surface area contributed by atoms with E-state index < -0.39 is 15.6 Å². The third-order valence-electron chi connectivity index (χ3n) is 2.60. The predicted molar refractivity (Wildman–Crippen MR) is 87.8 cm³/mol. The van der Waals surface area contributed by atoms with Crippen LogP contribution in [0.4, 0.5) is 13.2 Å². The van der Waals surface area contributed by atoms with Crippen LogP contribution >= 0.6 is 9.90 Å². The minimum absolute atomic E-state index is 0. The molecule has 0 saturated carbocycles. The molecule has 9 heteroatoms. The highest BCUT2D eigenvalue weighted by molar-refractivity contribution is 7.86. The maximum atomic E-state index is 10.7. The van der Waals surface area contributed by atoms with Gasteiger partial charge in [-0.15, -0.1) is 0 Å². The highest BCUT2D eigenvalue weighted by atomic mass is 32.2. The summed E-state index contributed by atoms with van der Waals surface area (Å²) < 4.78 is 57.5. The number of nitrogens with zero attached hydrogens (tertiary/aromatic N) is 1. The summed E-state index contributed by atoms with van der Waals surface area (Å²) in [5.41, 5.74) is -2.03. The number of pyridine rings is 1. The summed E-state index contributed by atoms with van der Waals surface area (Å²) in [6.45, 7) is 2.14. The zero-order valence-electron chi connectivity index (χ0n) is 12.3. The number of alkyl halides is 3. The molecule has 0 aliphatic heterocycles. The Morgan fingerprint density at radius 2 is 1.61 bits per heavy atom. The first kappa shape index (κ1) is 21.5. The van der Waals surface area contributed by atoms with Gasteiger partial charge in [-0.05, 0) is 18.1 Å². The predicted octanol–water partition coefficient (Wildman–Crippen LogP) is 3.76. The minimum atomic E-state index is -5.84. The third-order valence-corrected chi connectivity index (χ3v) is 3.18. The smallest absolute Gasteiger partial charge is 0.279 e. The zero-order valence-corrected chi connectivity index (χ0v) is 14.5. The lowest BCUT2D eigenvalue weighted by Gasteiger charge is -2.01. The Morgan fingerprint density at radius 3 is 1.96 bits per heavy atom. The number of rotatable bonds is 2. The van der Waals surface area contributed by atoms with E-state index in [0.29, 0.717) is 0 Å². The van der Waals surface area contributed by atoms with Crippen molar-refractivity contribution in [2.24, 2.45) is 0 Å². The normalized spacial score (nSPS) is 11.0. The number of aromatic nitrogens is 1. The van der Waals surface area contributed by atoms with Crippen LogP contribution in [0.3, 0.4) is 0 Å². The molecule has 0 spiro atoms. The first-order valence-electron chi connectivity index (χ1n) is 6.19. The van der Waals surface area contributed by atoms with Crippen LogP contribution in [0.2, 0.25) is 0 Å². The van der Waals surface area contributed by atoms with Crippen LogP contribution in [0.15, 0.2) is 48.7 Å². The summed E-state index contributed by atoms with van der Waals surface area (Å²) in [7, 11) is -5.84. The van der Waals surface area contributed by atoms with Gasteiger partial charge in [-0.2, -0.15) is 31.5 Å². The van der Waals surface area contributed by atoms with Crippen molar-refractivity contribution in [3.63, 3.8) is 0 Å². The molecule has 4 nitrogen and oxygen atoms in total. The molecular weight excluding hydrogens is 350 g/mol. The largest absolute Gasteiger partial charge is 0.522 e. The molecule has 0 radical (unpaired) electrons. The van der Waals surface area contributed by atoms with E-state index in [0.717, 1.165) is 12.1 Å². The highest BCUT2D eigenvalue weighted by Gasteiger charge is 2.44. The van der Waals surface area contributed by atoms with E-state index in [1.165, 1.54) is 11.1 Å². The number of benzene rings is 1. The molecule has 0 amide bonds. The molecule has 23 heavy (non-hydrogen) atoms. The van der Waals surface area contributed by atoms with Crippen molar-refractivity contribution >= 4 is 20.0 Å². The Hall–Kier alpha value is -1.50. The van der Waals surface area contributed by atoms with Crippen LogP contribution in [-0.2, 0) is 16.5 Å². The highest BCUT2D eigenvalue weighted by Crippen LogP contribution is 2.20. The summed E-state index contributed by atoms with van der Waals surface area (Å²) in [6, 6.07) is 14.4. The Balaban J connectivity index is 0.000000469. The molecule has 1 aromatic heterocycles. The summed E-state index contributed by atoms with van der Waals surface area (Å²) in [6.07, 6.45) is 2.99. The summed E-state index contributed by atoms with van der Waals surface area (Å²) in [5.74, 6) is 0. The molecular formula is C14H17F3NO3PS. The minimum Gasteiger partial charge on any atom is -0.279 e. The fourth-order valence-corrected chi connectivity index (χ4v) is 1.41. The average molecular weight is 367 g/mol. The SMILES string of the molecule is CCc1ccc(-c2ccccc2)nc1.O=S(=O)(O)C(F)(F)F.P. The summed E-state index contributed by atoms with van der Waals surface area (Å²) >= 11 is 0. The second-order valence-electron chi connectivity index (χ2n) is 4.19. The van der Waals surface area contributed by atoms with Gasteiger partial charge in [0, 0.05) is 11.8 Å². The molecule has 0 aliphatic rings. The van der Waals surface area contributed by atoms with E-state index >= 15 is 0 Å². The summed E-state index contributed by atoms with van der Waals surface area (Å²) in [4.78, 5) is 4.42. The monoisotopic (exact) mass is 367 g/mol. The van der Waals surface area contributed by atoms with E-state index in [9.17, 15) is 13.2 Å². The third kappa shape index (κ3) is 7.07. The molecule has 1 unspecified atom stereocenters. The Morgan fingerprint density at radius 1 is 1.09 bits per heavy atom. The molecule has 0 saturated heterocycles. The second-order valence-corrected chi connectivity index (χ2v) is 5.61. The van der Waals surface area contributed by atoms with Gasteiger partial charge >= 0.3 is 15.6 Å². The van der Waals surface area contributed by atoms with Crippen LogP contribution in [0.5, 0.6) is 0 Å². The van der Waals surface area contributed by atoms with Crippen molar-refractivity contribution < 1.29 is 26.1 Å². The number of aryl methyl sites for hydroxylation is 1. The van der Waals surface area contributed by atoms with Crippen LogP contribution < -0.4 is 0 Å². The van der Waals surface area contributed by atoms with Gasteiger partial charge in [-0.3, -0.25) is 9.54 Å². The first-order chi connectivity index (χ1) is 10.1. The standard InChI is InChI=1S/C13H13N.CHF3O3S.H3P/c1-2-11-8-9-13(14-10-11)12-6-4-3-5-7-12;2-1(3,4)8(5,6)7;/h3-10H,2H2,1H3;(H,5,6,7);1H3. The van der Waals surface area contributed by atoms with E-state index in [1.54, 1.807) is 0 Å². The molecule has 0 bridgehead atoms. The zero-order chi connectivity index (χ0) is 16.8. The Kier molecular flexibility index (Phi) is 8.37.